The number of hydrogen-bond acceptors (Lipinski definition) is 2. The maximum Gasteiger partial charge on any atom is 0.157 e. The first kappa shape index (κ1) is 22.7. The fraction of sp³-hybridized carbons (Fsp3) is 0.905. The summed E-state index contributed by atoms with van der Waals surface area (Å²) in [6.45, 7) is 9.75. The number of unbranched alkanes of at least 4 members (excludes halogenated alkanes) is 6. The van der Waals surface area contributed by atoms with E-state index in [9.17, 15) is 0 Å². The Kier molecular flexibility index (Phi) is 16.3. The van der Waals surface area contributed by atoms with E-state index >= 15 is 0 Å². The normalized spacial score (nSPS) is 13.8. The Labute approximate surface area is 146 Å². The molecule has 23 heavy (non-hydrogen) atoms. The van der Waals surface area contributed by atoms with Gasteiger partial charge in [-0.1, -0.05) is 64.0 Å². The molecule has 2 unspecified atom stereocenters. The molecule has 0 amide bonds. The van der Waals surface area contributed by atoms with E-state index in [1.165, 1.54) is 63.4 Å². The molecule has 0 radical (unpaired) electrons. The van der Waals surface area contributed by atoms with Crippen LogP contribution in [0.4, 0.5) is 0 Å². The lowest BCUT2D eigenvalue weighted by atomic mass is 10.0. The molecule has 0 bridgehead atoms. The van der Waals surface area contributed by atoms with Crippen molar-refractivity contribution < 1.29 is 9.47 Å². The van der Waals surface area contributed by atoms with Crippen LogP contribution in [0.25, 0.3) is 0 Å². The number of ether oxygens (including phenoxy) is 2. The van der Waals surface area contributed by atoms with E-state index in [1.807, 2.05) is 0 Å². The monoisotopic (exact) mass is 326 g/mol. The Hall–Kier alpha value is -0.340. The molecule has 2 heteroatoms. The van der Waals surface area contributed by atoms with E-state index in [4.69, 9.17) is 9.47 Å². The average molecular weight is 327 g/mol. The van der Waals surface area contributed by atoms with Gasteiger partial charge in [-0.15, -0.1) is 0 Å². The zero-order valence-electron chi connectivity index (χ0n) is 16.5. The van der Waals surface area contributed by atoms with Gasteiger partial charge in [-0.25, -0.2) is 0 Å². The highest BCUT2D eigenvalue weighted by atomic mass is 16.7. The molecule has 0 aliphatic heterocycles. The molecular formula is C21H42O2. The summed E-state index contributed by atoms with van der Waals surface area (Å²) < 4.78 is 11.4. The maximum absolute atomic E-state index is 5.90. The average Bonchev–Trinajstić information content (AvgIpc) is 2.51. The Morgan fingerprint density at radius 2 is 1.57 bits per heavy atom. The van der Waals surface area contributed by atoms with Crippen LogP contribution in [0.5, 0.6) is 0 Å². The molecule has 0 spiro atoms. The Morgan fingerprint density at radius 1 is 0.913 bits per heavy atom. The summed E-state index contributed by atoms with van der Waals surface area (Å²) in [5.41, 5.74) is 1.42. The highest BCUT2D eigenvalue weighted by Gasteiger charge is 2.08. The zero-order valence-corrected chi connectivity index (χ0v) is 16.5. The van der Waals surface area contributed by atoms with Gasteiger partial charge < -0.3 is 9.47 Å². The van der Waals surface area contributed by atoms with Crippen molar-refractivity contribution in [1.82, 2.24) is 0 Å². The van der Waals surface area contributed by atoms with E-state index in [1.54, 1.807) is 7.11 Å². The lowest BCUT2D eigenvalue weighted by Gasteiger charge is -2.18. The fourth-order valence-corrected chi connectivity index (χ4v) is 2.74. The van der Waals surface area contributed by atoms with Crippen LogP contribution in [0.15, 0.2) is 11.6 Å². The molecule has 0 aromatic carbocycles. The second-order valence-electron chi connectivity index (χ2n) is 7.20. The topological polar surface area (TPSA) is 18.5 Å². The van der Waals surface area contributed by atoms with Gasteiger partial charge in [-0.2, -0.15) is 0 Å². The summed E-state index contributed by atoms with van der Waals surface area (Å²) in [5, 5.41) is 0. The molecule has 0 saturated carbocycles. The van der Waals surface area contributed by atoms with Crippen LogP contribution in [0, 0.1) is 5.92 Å². The van der Waals surface area contributed by atoms with E-state index in [0.29, 0.717) is 0 Å². The standard InChI is InChI=1S/C21H42O2/c1-6-7-8-9-10-11-12-16-21(22-5)23-18-17-20(4)15-13-14-19(2)3/h14,20-21H,6-13,15-18H2,1-5H3. The molecule has 0 aromatic rings. The molecule has 2 nitrogen and oxygen atoms in total. The van der Waals surface area contributed by atoms with E-state index in [-0.39, 0.29) is 6.29 Å². The van der Waals surface area contributed by atoms with Crippen LogP contribution in [-0.2, 0) is 9.47 Å². The fourth-order valence-electron chi connectivity index (χ4n) is 2.74. The van der Waals surface area contributed by atoms with Gasteiger partial charge in [0.05, 0.1) is 0 Å². The summed E-state index contributed by atoms with van der Waals surface area (Å²) in [6, 6.07) is 0. The second kappa shape index (κ2) is 16.5. The van der Waals surface area contributed by atoms with Crippen molar-refractivity contribution >= 4 is 0 Å². The minimum absolute atomic E-state index is 0.00405. The molecule has 0 aromatic heterocycles. The van der Waals surface area contributed by atoms with Crippen LogP contribution in [0.2, 0.25) is 0 Å². The van der Waals surface area contributed by atoms with Crippen molar-refractivity contribution in [3.63, 3.8) is 0 Å². The molecule has 0 N–H and O–H groups in total. The van der Waals surface area contributed by atoms with Crippen LogP contribution >= 0.6 is 0 Å². The van der Waals surface area contributed by atoms with Crippen molar-refractivity contribution in [3.05, 3.63) is 11.6 Å². The predicted molar refractivity (Wildman–Crippen MR) is 102 cm³/mol. The highest BCUT2D eigenvalue weighted by molar-refractivity contribution is 4.92. The SMILES string of the molecule is CCCCCCCCCC(OC)OCCC(C)CCC=C(C)C. The van der Waals surface area contributed by atoms with Crippen molar-refractivity contribution in [2.24, 2.45) is 5.92 Å². The third-order valence-electron chi connectivity index (χ3n) is 4.43. The smallest absolute Gasteiger partial charge is 0.157 e. The summed E-state index contributed by atoms with van der Waals surface area (Å²) in [6.07, 6.45) is 16.3. The second-order valence-corrected chi connectivity index (χ2v) is 7.20. The summed E-state index contributed by atoms with van der Waals surface area (Å²) >= 11 is 0. The van der Waals surface area contributed by atoms with E-state index in [0.717, 1.165) is 25.4 Å². The Morgan fingerprint density at radius 3 is 2.17 bits per heavy atom. The van der Waals surface area contributed by atoms with Crippen molar-refractivity contribution in [2.75, 3.05) is 13.7 Å². The Balaban J connectivity index is 3.55. The summed E-state index contributed by atoms with van der Waals surface area (Å²) in [4.78, 5) is 0. The zero-order chi connectivity index (χ0) is 17.3. The van der Waals surface area contributed by atoms with Crippen molar-refractivity contribution in [2.45, 2.75) is 105 Å². The minimum Gasteiger partial charge on any atom is -0.356 e. The van der Waals surface area contributed by atoms with Crippen molar-refractivity contribution in [1.29, 1.82) is 0 Å². The third-order valence-corrected chi connectivity index (χ3v) is 4.43. The molecule has 0 rings (SSSR count). The van der Waals surface area contributed by atoms with Crippen LogP contribution in [0.3, 0.4) is 0 Å². The Bertz CT molecular complexity index is 269. The molecule has 0 aliphatic carbocycles. The molecule has 0 aliphatic rings. The van der Waals surface area contributed by atoms with Gasteiger partial charge in [0.25, 0.3) is 0 Å². The third kappa shape index (κ3) is 16.3. The van der Waals surface area contributed by atoms with Gasteiger partial charge in [0, 0.05) is 13.7 Å². The first-order valence-electron chi connectivity index (χ1n) is 9.87. The highest BCUT2D eigenvalue weighted by Crippen LogP contribution is 2.15. The van der Waals surface area contributed by atoms with E-state index in [2.05, 4.69) is 33.8 Å². The maximum atomic E-state index is 5.90. The van der Waals surface area contributed by atoms with Gasteiger partial charge >= 0.3 is 0 Å². The van der Waals surface area contributed by atoms with Gasteiger partial charge in [0.1, 0.15) is 0 Å². The summed E-state index contributed by atoms with van der Waals surface area (Å²) in [5.74, 6) is 0.724. The molecule has 138 valence electrons. The van der Waals surface area contributed by atoms with Gasteiger partial charge in [-0.3, -0.25) is 0 Å². The molecular weight excluding hydrogens is 284 g/mol. The first-order valence-corrected chi connectivity index (χ1v) is 9.87. The minimum atomic E-state index is -0.00405. The quantitative estimate of drug-likeness (QED) is 0.175. The summed E-state index contributed by atoms with van der Waals surface area (Å²) in [7, 11) is 1.77. The van der Waals surface area contributed by atoms with Gasteiger partial charge in [0.15, 0.2) is 6.29 Å². The van der Waals surface area contributed by atoms with E-state index < -0.39 is 0 Å². The van der Waals surface area contributed by atoms with Crippen LogP contribution < -0.4 is 0 Å². The van der Waals surface area contributed by atoms with Gasteiger partial charge in [-0.05, 0) is 51.9 Å². The van der Waals surface area contributed by atoms with Crippen molar-refractivity contribution in [3.8, 4) is 0 Å². The van der Waals surface area contributed by atoms with Crippen LogP contribution in [-0.4, -0.2) is 20.0 Å². The number of allylic oxidation sites excluding steroid dienone is 2. The predicted octanol–water partition coefficient (Wildman–Crippen LogP) is 6.89. The van der Waals surface area contributed by atoms with Crippen LogP contribution in [0.1, 0.15) is 98.3 Å². The lowest BCUT2D eigenvalue weighted by molar-refractivity contribution is -0.130. The number of methoxy groups -OCH3 is 1. The largest absolute Gasteiger partial charge is 0.356 e. The number of rotatable bonds is 16. The molecule has 2 atom stereocenters. The molecule has 0 saturated heterocycles. The molecule has 0 fully saturated rings. The first-order chi connectivity index (χ1) is 11.1. The lowest BCUT2D eigenvalue weighted by Crippen LogP contribution is -2.17. The van der Waals surface area contributed by atoms with Gasteiger partial charge in [0.2, 0.25) is 0 Å². The number of hydrogen-bond donors (Lipinski definition) is 0. The molecule has 0 heterocycles.